The Morgan fingerprint density at radius 2 is 2.00 bits per heavy atom. The lowest BCUT2D eigenvalue weighted by Gasteiger charge is -1.93. The molecular formula is C8H10S. The van der Waals surface area contributed by atoms with Crippen LogP contribution in [0, 0.1) is 11.2 Å². The molecule has 0 saturated heterocycles. The van der Waals surface area contributed by atoms with Crippen LogP contribution in [-0.2, 0) is 0 Å². The normalized spacial score (nSPS) is 17.7. The predicted octanol–water partition coefficient (Wildman–Crippen LogP) is 2.40. The Morgan fingerprint density at radius 1 is 1.33 bits per heavy atom. The Bertz CT molecular complexity index is 178. The van der Waals surface area contributed by atoms with Crippen LogP contribution in [0.5, 0.6) is 0 Å². The van der Waals surface area contributed by atoms with Gasteiger partial charge in [0.1, 0.15) is 0 Å². The van der Waals surface area contributed by atoms with Crippen LogP contribution in [0.4, 0.5) is 0 Å². The molecule has 0 amide bonds. The van der Waals surface area contributed by atoms with E-state index in [-0.39, 0.29) is 10.9 Å². The molecule has 0 fully saturated rings. The molecular weight excluding hydrogens is 128 g/mol. The van der Waals surface area contributed by atoms with E-state index in [0.717, 1.165) is 6.42 Å². The maximum absolute atomic E-state index is 3.17. The van der Waals surface area contributed by atoms with E-state index >= 15 is 0 Å². The van der Waals surface area contributed by atoms with Gasteiger partial charge in [-0.05, 0) is 16.1 Å². The minimum absolute atomic E-state index is 0.173. The molecule has 0 atom stereocenters. The van der Waals surface area contributed by atoms with Crippen molar-refractivity contribution in [1.29, 1.82) is 0 Å². The van der Waals surface area contributed by atoms with Gasteiger partial charge in [0.2, 0.25) is 0 Å². The summed E-state index contributed by atoms with van der Waals surface area (Å²) < 4.78 is 0. The van der Waals surface area contributed by atoms with Crippen LogP contribution in [0.25, 0.3) is 0 Å². The summed E-state index contributed by atoms with van der Waals surface area (Å²) in [5.41, 5.74) is 0. The Balaban J connectivity index is 2.45. The molecule has 9 heavy (non-hydrogen) atoms. The second kappa shape index (κ2) is 3.42. The molecule has 0 saturated carbocycles. The fraction of sp³-hybridized carbons (Fsp3) is 0.250. The Morgan fingerprint density at radius 3 is 2.56 bits per heavy atom. The molecule has 0 N–H and O–H groups in total. The Hall–Kier alpha value is -0.610. The summed E-state index contributed by atoms with van der Waals surface area (Å²) in [6.07, 6.45) is 5.10. The first-order chi connectivity index (χ1) is 4.43. The molecule has 0 aromatic rings. The number of thiol groups is 1. The van der Waals surface area contributed by atoms with E-state index < -0.39 is 0 Å². The van der Waals surface area contributed by atoms with Crippen molar-refractivity contribution in [3.63, 3.8) is 0 Å². The first kappa shape index (κ1) is 6.51. The molecule has 0 aromatic carbocycles. The molecule has 0 nitrogen and oxygen atoms in total. The molecule has 1 rings (SSSR count). The van der Waals surface area contributed by atoms with Crippen molar-refractivity contribution in [1.82, 2.24) is 0 Å². The molecule has 0 radical (unpaired) electrons. The van der Waals surface area contributed by atoms with Crippen molar-refractivity contribution in [3.8, 4) is 11.2 Å². The molecule has 0 unspecified atom stereocenters. The van der Waals surface area contributed by atoms with Crippen LogP contribution in [0.3, 0.4) is 0 Å². The van der Waals surface area contributed by atoms with Crippen LogP contribution in [0.1, 0.15) is 13.3 Å². The van der Waals surface area contributed by atoms with Crippen molar-refractivity contribution in [3.05, 3.63) is 23.0 Å². The number of rotatable bonds is 0. The second-order valence-corrected chi connectivity index (χ2v) is 3.37. The standard InChI is InChI=1S/C8H10S/c1-2-3-6-9-7-4-5-8-9/h4-5,7-9H,2H2,1H3. The van der Waals surface area contributed by atoms with Gasteiger partial charge < -0.3 is 0 Å². The lowest BCUT2D eigenvalue weighted by atomic mass is 10.5. The highest BCUT2D eigenvalue weighted by atomic mass is 32.2. The van der Waals surface area contributed by atoms with E-state index in [0.29, 0.717) is 0 Å². The van der Waals surface area contributed by atoms with E-state index in [4.69, 9.17) is 0 Å². The third kappa shape index (κ3) is 1.99. The smallest absolute Gasteiger partial charge is 0.00688 e. The van der Waals surface area contributed by atoms with Crippen molar-refractivity contribution in [2.75, 3.05) is 0 Å². The fourth-order valence-corrected chi connectivity index (χ4v) is 1.74. The maximum atomic E-state index is 3.17. The summed E-state index contributed by atoms with van der Waals surface area (Å²) in [4.78, 5) is 0. The summed E-state index contributed by atoms with van der Waals surface area (Å²) >= 11 is 0. The van der Waals surface area contributed by atoms with Crippen LogP contribution < -0.4 is 0 Å². The highest BCUT2D eigenvalue weighted by molar-refractivity contribution is 8.26. The van der Waals surface area contributed by atoms with Crippen molar-refractivity contribution in [2.45, 2.75) is 13.3 Å². The van der Waals surface area contributed by atoms with Gasteiger partial charge in [0.05, 0.1) is 0 Å². The van der Waals surface area contributed by atoms with Crippen molar-refractivity contribution >= 4 is 10.9 Å². The predicted molar refractivity (Wildman–Crippen MR) is 45.3 cm³/mol. The first-order valence-corrected chi connectivity index (χ1v) is 4.53. The molecule has 48 valence electrons. The highest BCUT2D eigenvalue weighted by Crippen LogP contribution is 2.30. The van der Waals surface area contributed by atoms with E-state index in [1.54, 1.807) is 0 Å². The largest absolute Gasteiger partial charge is 0.148 e. The SMILES string of the molecule is CCC#C[SH]1C=CC=C1. The van der Waals surface area contributed by atoms with Gasteiger partial charge >= 0.3 is 0 Å². The van der Waals surface area contributed by atoms with E-state index in [1.165, 1.54) is 0 Å². The monoisotopic (exact) mass is 138 g/mol. The third-order valence-corrected chi connectivity index (χ3v) is 2.39. The van der Waals surface area contributed by atoms with E-state index in [9.17, 15) is 0 Å². The lowest BCUT2D eigenvalue weighted by molar-refractivity contribution is 1.28. The van der Waals surface area contributed by atoms with E-state index in [2.05, 4.69) is 41.1 Å². The van der Waals surface area contributed by atoms with Gasteiger partial charge in [-0.25, -0.2) is 0 Å². The first-order valence-electron chi connectivity index (χ1n) is 3.05. The zero-order chi connectivity index (χ0) is 6.53. The van der Waals surface area contributed by atoms with Gasteiger partial charge in [0, 0.05) is 6.42 Å². The average Bonchev–Trinajstić information content (AvgIpc) is 2.34. The van der Waals surface area contributed by atoms with Crippen LogP contribution in [0.2, 0.25) is 0 Å². The van der Waals surface area contributed by atoms with Crippen molar-refractivity contribution < 1.29 is 0 Å². The van der Waals surface area contributed by atoms with Gasteiger partial charge in [-0.2, -0.15) is 0 Å². The van der Waals surface area contributed by atoms with Gasteiger partial charge in [0.15, 0.2) is 0 Å². The molecule has 1 aliphatic rings. The van der Waals surface area contributed by atoms with E-state index in [1.807, 2.05) is 0 Å². The van der Waals surface area contributed by atoms with Gasteiger partial charge in [0.25, 0.3) is 0 Å². The highest BCUT2D eigenvalue weighted by Gasteiger charge is 1.89. The van der Waals surface area contributed by atoms with Gasteiger partial charge in [-0.15, -0.1) is 10.9 Å². The average molecular weight is 138 g/mol. The maximum Gasteiger partial charge on any atom is 0.00688 e. The molecule has 1 heteroatoms. The summed E-state index contributed by atoms with van der Waals surface area (Å²) in [7, 11) is -0.173. The van der Waals surface area contributed by atoms with Gasteiger partial charge in [-0.3, -0.25) is 0 Å². The summed E-state index contributed by atoms with van der Waals surface area (Å²) in [5.74, 6) is 3.07. The molecule has 1 heterocycles. The van der Waals surface area contributed by atoms with Crippen LogP contribution >= 0.6 is 10.9 Å². The van der Waals surface area contributed by atoms with Crippen LogP contribution in [-0.4, -0.2) is 0 Å². The summed E-state index contributed by atoms with van der Waals surface area (Å²) in [6.45, 7) is 2.08. The number of allylic oxidation sites excluding steroid dienone is 2. The Labute approximate surface area is 59.0 Å². The third-order valence-electron chi connectivity index (χ3n) is 0.989. The summed E-state index contributed by atoms with van der Waals surface area (Å²) in [6, 6.07) is 0. The quantitative estimate of drug-likeness (QED) is 0.385. The fourth-order valence-electron chi connectivity index (χ4n) is 0.579. The molecule has 0 aromatic heterocycles. The zero-order valence-corrected chi connectivity index (χ0v) is 6.36. The Kier molecular flexibility index (Phi) is 2.48. The number of hydrogen-bond donors (Lipinski definition) is 1. The minimum Gasteiger partial charge on any atom is -0.148 e. The topological polar surface area (TPSA) is 0 Å². The minimum atomic E-state index is -0.173. The summed E-state index contributed by atoms with van der Waals surface area (Å²) in [5, 5.41) is 7.50. The molecule has 0 bridgehead atoms. The molecule has 0 aliphatic carbocycles. The molecule has 1 aliphatic heterocycles. The number of hydrogen-bond acceptors (Lipinski definition) is 0. The van der Waals surface area contributed by atoms with Crippen molar-refractivity contribution in [2.24, 2.45) is 0 Å². The van der Waals surface area contributed by atoms with Crippen LogP contribution in [0.15, 0.2) is 23.0 Å². The lowest BCUT2D eigenvalue weighted by Crippen LogP contribution is -1.57. The molecule has 0 spiro atoms. The second-order valence-electron chi connectivity index (χ2n) is 1.73. The zero-order valence-electron chi connectivity index (χ0n) is 5.46. The van der Waals surface area contributed by atoms with Gasteiger partial charge in [-0.1, -0.05) is 25.0 Å².